The molecule has 0 aliphatic carbocycles. The van der Waals surface area contributed by atoms with Crippen molar-refractivity contribution < 1.29 is 28.0 Å². The Morgan fingerprint density at radius 1 is 1.13 bits per heavy atom. The zero-order chi connectivity index (χ0) is 27.4. The van der Waals surface area contributed by atoms with E-state index >= 15 is 0 Å². The number of benzene rings is 2. The first-order valence-corrected chi connectivity index (χ1v) is 12.6. The van der Waals surface area contributed by atoms with Crippen molar-refractivity contribution in [3.05, 3.63) is 82.6 Å². The van der Waals surface area contributed by atoms with Gasteiger partial charge >= 0.3 is 5.92 Å². The van der Waals surface area contributed by atoms with Crippen LogP contribution in [-0.4, -0.2) is 60.4 Å². The van der Waals surface area contributed by atoms with Crippen LogP contribution in [0.1, 0.15) is 69.0 Å². The Morgan fingerprint density at radius 2 is 1.82 bits per heavy atom. The summed E-state index contributed by atoms with van der Waals surface area (Å²) in [5, 5.41) is 2.68. The number of rotatable bonds is 8. The van der Waals surface area contributed by atoms with Gasteiger partial charge < -0.3 is 10.2 Å². The number of allylic oxidation sites excluding steroid dienone is 1. The highest BCUT2D eigenvalue weighted by molar-refractivity contribution is 6.03. The van der Waals surface area contributed by atoms with Crippen LogP contribution in [0.15, 0.2) is 54.7 Å². The number of piperidine rings is 2. The molecule has 2 saturated heterocycles. The summed E-state index contributed by atoms with van der Waals surface area (Å²) >= 11 is 0. The van der Waals surface area contributed by atoms with Crippen molar-refractivity contribution in [1.82, 2.24) is 15.1 Å². The first-order valence-electron chi connectivity index (χ1n) is 12.6. The lowest BCUT2D eigenvalue weighted by Crippen LogP contribution is -2.50. The number of amides is 2. The molecule has 1 atom stereocenters. The molecular weight excluding hydrogens is 492 g/mol. The third-order valence-corrected chi connectivity index (χ3v) is 7.50. The Labute approximate surface area is 220 Å². The minimum Gasteiger partial charge on any atom is -0.330 e. The smallest absolute Gasteiger partial charge is 0.327 e. The molecule has 2 aliphatic rings. The average Bonchev–Trinajstić information content (AvgIpc) is 2.92. The van der Waals surface area contributed by atoms with Gasteiger partial charge in [-0.05, 0) is 68.0 Å². The lowest BCUT2D eigenvalue weighted by molar-refractivity contribution is -0.130. The van der Waals surface area contributed by atoms with Gasteiger partial charge in [0.15, 0.2) is 12.6 Å². The molecule has 4 rings (SSSR count). The van der Waals surface area contributed by atoms with Gasteiger partial charge in [0.05, 0.1) is 5.56 Å². The maximum atomic E-state index is 13.5. The molecule has 2 fully saturated rings. The molecule has 2 amide bonds. The number of nitrogens with one attached hydrogen (secondary N) is 1. The van der Waals surface area contributed by atoms with E-state index in [0.29, 0.717) is 36.9 Å². The number of halogens is 2. The Kier molecular flexibility index (Phi) is 8.16. The van der Waals surface area contributed by atoms with Crippen molar-refractivity contribution in [2.45, 2.75) is 50.1 Å². The summed E-state index contributed by atoms with van der Waals surface area (Å²) in [7, 11) is 1.57. The number of nitrogens with zero attached hydrogens (tertiary/aromatic N) is 2. The van der Waals surface area contributed by atoms with Crippen molar-refractivity contribution in [1.29, 1.82) is 0 Å². The van der Waals surface area contributed by atoms with E-state index in [2.05, 4.69) is 16.8 Å². The predicted molar refractivity (Wildman–Crippen MR) is 138 cm³/mol. The second-order valence-corrected chi connectivity index (χ2v) is 10.0. The van der Waals surface area contributed by atoms with Crippen molar-refractivity contribution in [2.24, 2.45) is 0 Å². The highest BCUT2D eigenvalue weighted by atomic mass is 19.3. The van der Waals surface area contributed by atoms with Crippen LogP contribution in [-0.2, 0) is 22.1 Å². The van der Waals surface area contributed by atoms with E-state index in [0.717, 1.165) is 37.1 Å². The lowest BCUT2D eigenvalue weighted by Gasteiger charge is -2.33. The summed E-state index contributed by atoms with van der Waals surface area (Å²) < 4.78 is 27.0. The van der Waals surface area contributed by atoms with E-state index in [4.69, 9.17) is 0 Å². The van der Waals surface area contributed by atoms with Gasteiger partial charge in [-0.15, -0.1) is 0 Å². The standard InChI is InChI=1S/C29H31F2N3O4/c1-19-3-10-26(27(37)32-19)33(2)28(38)25-9-6-22(15-23(25)17-35)21-11-13-34(14-12-21)16-20-4-7-24(8-5-20)29(30,31)18-36/h4-9,15,17-18,21,26H,1,3,10-14,16H2,2H3,(H,32,37). The molecule has 1 N–H and O–H groups in total. The lowest BCUT2D eigenvalue weighted by atomic mass is 9.87. The fourth-order valence-corrected chi connectivity index (χ4v) is 5.17. The summed E-state index contributed by atoms with van der Waals surface area (Å²) in [4.78, 5) is 51.6. The van der Waals surface area contributed by atoms with Crippen LogP contribution in [0.3, 0.4) is 0 Å². The zero-order valence-corrected chi connectivity index (χ0v) is 21.3. The van der Waals surface area contributed by atoms with Gasteiger partial charge in [0.2, 0.25) is 5.91 Å². The molecule has 0 saturated carbocycles. The topological polar surface area (TPSA) is 86.8 Å². The van der Waals surface area contributed by atoms with Crippen LogP contribution >= 0.6 is 0 Å². The second-order valence-electron chi connectivity index (χ2n) is 10.0. The molecule has 38 heavy (non-hydrogen) atoms. The van der Waals surface area contributed by atoms with Gasteiger partial charge in [0, 0.05) is 30.4 Å². The Hall–Kier alpha value is -3.72. The van der Waals surface area contributed by atoms with Crippen LogP contribution in [0.5, 0.6) is 0 Å². The van der Waals surface area contributed by atoms with E-state index in [9.17, 15) is 28.0 Å². The van der Waals surface area contributed by atoms with Crippen LogP contribution < -0.4 is 5.32 Å². The number of hydrogen-bond donors (Lipinski definition) is 1. The minimum absolute atomic E-state index is 0.218. The molecule has 7 nitrogen and oxygen atoms in total. The maximum absolute atomic E-state index is 13.5. The van der Waals surface area contributed by atoms with Crippen molar-refractivity contribution in [3.8, 4) is 0 Å². The molecule has 2 aromatic rings. The van der Waals surface area contributed by atoms with Crippen LogP contribution in [0.4, 0.5) is 8.78 Å². The first kappa shape index (κ1) is 27.3. The number of alkyl halides is 2. The van der Waals surface area contributed by atoms with E-state index < -0.39 is 12.0 Å². The number of likely N-dealkylation sites (N-methyl/N-ethyl adjacent to an activating group) is 1. The third kappa shape index (κ3) is 5.88. The zero-order valence-electron chi connectivity index (χ0n) is 21.3. The molecule has 2 heterocycles. The first-order chi connectivity index (χ1) is 18.1. The van der Waals surface area contributed by atoms with Crippen LogP contribution in [0, 0.1) is 0 Å². The van der Waals surface area contributed by atoms with Gasteiger partial charge in [0.25, 0.3) is 5.91 Å². The molecule has 0 bridgehead atoms. The largest absolute Gasteiger partial charge is 0.330 e. The van der Waals surface area contributed by atoms with Gasteiger partial charge in [0.1, 0.15) is 6.04 Å². The number of likely N-dealkylation sites (tertiary alicyclic amines) is 1. The van der Waals surface area contributed by atoms with E-state index in [-0.39, 0.29) is 35.1 Å². The van der Waals surface area contributed by atoms with Gasteiger partial charge in [-0.3, -0.25) is 24.1 Å². The fourth-order valence-electron chi connectivity index (χ4n) is 5.17. The predicted octanol–water partition coefficient (Wildman–Crippen LogP) is 4.03. The number of hydrogen-bond acceptors (Lipinski definition) is 5. The molecule has 200 valence electrons. The van der Waals surface area contributed by atoms with Crippen LogP contribution in [0.2, 0.25) is 0 Å². The van der Waals surface area contributed by atoms with Crippen molar-refractivity contribution >= 4 is 24.4 Å². The number of carbonyl (C=O) groups is 4. The molecule has 1 unspecified atom stereocenters. The van der Waals surface area contributed by atoms with Gasteiger partial charge in [-0.2, -0.15) is 8.78 Å². The van der Waals surface area contributed by atoms with Crippen LogP contribution in [0.25, 0.3) is 0 Å². The fraction of sp³-hybridized carbons (Fsp3) is 0.379. The molecular formula is C29H31F2N3O4. The molecule has 0 spiro atoms. The SMILES string of the molecule is C=C1CCC(N(C)C(=O)c2ccc(C3CCN(Cc4ccc(C(F)(F)C=O)cc4)CC3)cc2C=O)C(=O)N1. The Morgan fingerprint density at radius 3 is 2.42 bits per heavy atom. The maximum Gasteiger partial charge on any atom is 0.327 e. The molecule has 0 aromatic heterocycles. The normalized spacial score (nSPS) is 19.1. The quantitative estimate of drug-likeness (QED) is 0.528. The average molecular weight is 524 g/mol. The van der Waals surface area contributed by atoms with Gasteiger partial charge in [-0.25, -0.2) is 0 Å². The summed E-state index contributed by atoms with van der Waals surface area (Å²) in [5.41, 5.74) is 2.76. The summed E-state index contributed by atoms with van der Waals surface area (Å²) in [6.45, 7) is 5.96. The second kappa shape index (κ2) is 11.3. The van der Waals surface area contributed by atoms with E-state index in [1.807, 2.05) is 6.07 Å². The van der Waals surface area contributed by atoms with E-state index in [1.54, 1.807) is 31.3 Å². The minimum atomic E-state index is -3.48. The summed E-state index contributed by atoms with van der Waals surface area (Å²) in [6, 6.07) is 10.5. The number of aldehydes is 2. The molecule has 2 aliphatic heterocycles. The number of carbonyl (C=O) groups excluding carboxylic acids is 4. The molecule has 2 aromatic carbocycles. The van der Waals surface area contributed by atoms with Crippen molar-refractivity contribution in [3.63, 3.8) is 0 Å². The van der Waals surface area contributed by atoms with E-state index in [1.165, 1.54) is 17.0 Å². The Bertz CT molecular complexity index is 1240. The Balaban J connectivity index is 1.37. The third-order valence-electron chi connectivity index (χ3n) is 7.50. The monoisotopic (exact) mass is 523 g/mol. The highest BCUT2D eigenvalue weighted by Gasteiger charge is 2.32. The van der Waals surface area contributed by atoms with Crippen molar-refractivity contribution in [2.75, 3.05) is 20.1 Å². The molecule has 0 radical (unpaired) electrons. The summed E-state index contributed by atoms with van der Waals surface area (Å²) in [5.74, 6) is -3.91. The molecule has 9 heteroatoms. The highest BCUT2D eigenvalue weighted by Crippen LogP contribution is 2.31. The summed E-state index contributed by atoms with van der Waals surface area (Å²) in [6.07, 6.45) is 3.09. The van der Waals surface area contributed by atoms with Gasteiger partial charge in [-0.1, -0.05) is 36.9 Å².